The van der Waals surface area contributed by atoms with E-state index in [9.17, 15) is 4.79 Å². The molecule has 0 atom stereocenters. The quantitative estimate of drug-likeness (QED) is 0.672. The predicted octanol–water partition coefficient (Wildman–Crippen LogP) is 4.32. The molecule has 24 heavy (non-hydrogen) atoms. The molecule has 4 nitrogen and oxygen atoms in total. The number of rotatable bonds is 2. The van der Waals surface area contributed by atoms with Crippen LogP contribution < -0.4 is 10.6 Å². The highest BCUT2D eigenvalue weighted by Crippen LogP contribution is 2.21. The van der Waals surface area contributed by atoms with Gasteiger partial charge in [0.25, 0.3) is 5.91 Å². The first-order valence-corrected chi connectivity index (χ1v) is 8.05. The van der Waals surface area contributed by atoms with Crippen molar-refractivity contribution in [2.45, 2.75) is 6.92 Å². The number of para-hydroxylation sites is 1. The number of pyridine rings is 1. The third kappa shape index (κ3) is 3.53. The largest absolute Gasteiger partial charge is 0.331 e. The molecule has 3 aromatic rings. The van der Waals surface area contributed by atoms with Crippen LogP contribution in [-0.4, -0.2) is 16.0 Å². The highest BCUT2D eigenvalue weighted by Gasteiger charge is 2.12. The third-order valence-electron chi connectivity index (χ3n) is 3.48. The maximum atomic E-state index is 12.3. The molecule has 2 aromatic carbocycles. The monoisotopic (exact) mass is 355 g/mol. The molecule has 0 radical (unpaired) electrons. The molecule has 0 spiro atoms. The average molecular weight is 356 g/mol. The van der Waals surface area contributed by atoms with Gasteiger partial charge in [0.2, 0.25) is 0 Å². The lowest BCUT2D eigenvalue weighted by molar-refractivity contribution is 0.0978. The standard InChI is InChI=1S/C18H14ClN3OS/c1-11-7-8-13(14(19)10-11)17(23)22-18(24)21-15-6-2-4-12-5-3-9-20-16(12)15/h2-10H,1H3,(H2,21,22,23,24). The number of thiocarbonyl (C=S) groups is 1. The summed E-state index contributed by atoms with van der Waals surface area (Å²) in [6.45, 7) is 1.91. The number of hydrogen-bond donors (Lipinski definition) is 2. The van der Waals surface area contributed by atoms with Crippen molar-refractivity contribution in [3.8, 4) is 0 Å². The van der Waals surface area contributed by atoms with E-state index < -0.39 is 0 Å². The fraction of sp³-hybridized carbons (Fsp3) is 0.0556. The Bertz CT molecular complexity index is 937. The Morgan fingerprint density at radius 1 is 1.17 bits per heavy atom. The lowest BCUT2D eigenvalue weighted by atomic mass is 10.1. The zero-order valence-corrected chi connectivity index (χ0v) is 14.4. The molecule has 0 unspecified atom stereocenters. The zero-order valence-electron chi connectivity index (χ0n) is 12.8. The Balaban J connectivity index is 1.76. The van der Waals surface area contributed by atoms with Gasteiger partial charge in [0.05, 0.1) is 21.8 Å². The molecule has 0 saturated carbocycles. The number of carbonyl (C=O) groups is 1. The first kappa shape index (κ1) is 16.4. The molecule has 120 valence electrons. The van der Waals surface area contributed by atoms with Crippen LogP contribution in [0, 0.1) is 6.92 Å². The number of nitrogens with zero attached hydrogens (tertiary/aromatic N) is 1. The number of nitrogens with one attached hydrogen (secondary N) is 2. The second kappa shape index (κ2) is 6.95. The van der Waals surface area contributed by atoms with Gasteiger partial charge in [0.1, 0.15) is 0 Å². The van der Waals surface area contributed by atoms with E-state index in [2.05, 4.69) is 15.6 Å². The van der Waals surface area contributed by atoms with E-state index in [0.717, 1.165) is 22.2 Å². The maximum absolute atomic E-state index is 12.3. The van der Waals surface area contributed by atoms with Crippen molar-refractivity contribution in [3.63, 3.8) is 0 Å². The number of aromatic nitrogens is 1. The fourth-order valence-electron chi connectivity index (χ4n) is 2.33. The molecule has 0 fully saturated rings. The number of hydrogen-bond acceptors (Lipinski definition) is 3. The topological polar surface area (TPSA) is 54.0 Å². The summed E-state index contributed by atoms with van der Waals surface area (Å²) in [5.41, 5.74) is 2.87. The first-order valence-electron chi connectivity index (χ1n) is 7.27. The van der Waals surface area contributed by atoms with E-state index >= 15 is 0 Å². The Morgan fingerprint density at radius 2 is 1.96 bits per heavy atom. The summed E-state index contributed by atoms with van der Waals surface area (Å²) in [7, 11) is 0. The van der Waals surface area contributed by atoms with Gasteiger partial charge in [0.15, 0.2) is 5.11 Å². The Kier molecular flexibility index (Phi) is 4.74. The van der Waals surface area contributed by atoms with Gasteiger partial charge in [0, 0.05) is 11.6 Å². The van der Waals surface area contributed by atoms with Crippen molar-refractivity contribution in [3.05, 3.63) is 70.9 Å². The van der Waals surface area contributed by atoms with Gasteiger partial charge in [-0.3, -0.25) is 15.1 Å². The predicted molar refractivity (Wildman–Crippen MR) is 102 cm³/mol. The number of amides is 1. The van der Waals surface area contributed by atoms with E-state index in [-0.39, 0.29) is 11.0 Å². The summed E-state index contributed by atoms with van der Waals surface area (Å²) < 4.78 is 0. The van der Waals surface area contributed by atoms with E-state index in [1.54, 1.807) is 18.3 Å². The fourth-order valence-corrected chi connectivity index (χ4v) is 2.86. The summed E-state index contributed by atoms with van der Waals surface area (Å²) in [4.78, 5) is 16.6. The molecular formula is C18H14ClN3OS. The molecule has 0 aliphatic rings. The first-order chi connectivity index (χ1) is 11.5. The van der Waals surface area contributed by atoms with Gasteiger partial charge in [-0.25, -0.2) is 0 Å². The van der Waals surface area contributed by atoms with E-state index in [1.807, 2.05) is 43.3 Å². The second-order valence-corrected chi connectivity index (χ2v) is 6.09. The minimum Gasteiger partial charge on any atom is -0.331 e. The minimum absolute atomic E-state index is 0.190. The highest BCUT2D eigenvalue weighted by atomic mass is 35.5. The lowest BCUT2D eigenvalue weighted by Crippen LogP contribution is -2.34. The second-order valence-electron chi connectivity index (χ2n) is 5.27. The molecule has 6 heteroatoms. The van der Waals surface area contributed by atoms with Crippen LogP contribution in [0.5, 0.6) is 0 Å². The molecule has 0 aliphatic carbocycles. The third-order valence-corrected chi connectivity index (χ3v) is 3.99. The molecule has 0 saturated heterocycles. The summed E-state index contributed by atoms with van der Waals surface area (Å²) in [5.74, 6) is -0.356. The number of anilines is 1. The van der Waals surface area contributed by atoms with Gasteiger partial charge in [-0.1, -0.05) is 35.9 Å². The smallest absolute Gasteiger partial charge is 0.258 e. The normalized spacial score (nSPS) is 10.4. The van der Waals surface area contributed by atoms with Gasteiger partial charge in [-0.05, 0) is 49.0 Å². The minimum atomic E-state index is -0.356. The van der Waals surface area contributed by atoms with Gasteiger partial charge >= 0.3 is 0 Å². The molecule has 1 heterocycles. The summed E-state index contributed by atoms with van der Waals surface area (Å²) in [6.07, 6.45) is 1.71. The van der Waals surface area contributed by atoms with Crippen molar-refractivity contribution in [2.75, 3.05) is 5.32 Å². The van der Waals surface area contributed by atoms with Crippen LogP contribution >= 0.6 is 23.8 Å². The summed E-state index contributed by atoms with van der Waals surface area (Å²) in [5, 5.41) is 7.21. The molecule has 1 amide bonds. The Hall–Kier alpha value is -2.50. The van der Waals surface area contributed by atoms with Gasteiger partial charge in [-0.15, -0.1) is 0 Å². The average Bonchev–Trinajstić information content (AvgIpc) is 2.55. The van der Waals surface area contributed by atoms with E-state index in [0.29, 0.717) is 10.6 Å². The van der Waals surface area contributed by atoms with E-state index in [1.165, 1.54) is 0 Å². The zero-order chi connectivity index (χ0) is 17.1. The number of benzene rings is 2. The van der Waals surface area contributed by atoms with Crippen LogP contribution in [0.15, 0.2) is 54.7 Å². The maximum Gasteiger partial charge on any atom is 0.258 e. The van der Waals surface area contributed by atoms with E-state index in [4.69, 9.17) is 23.8 Å². The van der Waals surface area contributed by atoms with Crippen molar-refractivity contribution in [2.24, 2.45) is 0 Å². The summed E-state index contributed by atoms with van der Waals surface area (Å²) >= 11 is 11.3. The van der Waals surface area contributed by atoms with Gasteiger partial charge < -0.3 is 5.32 Å². The van der Waals surface area contributed by atoms with Crippen LogP contribution in [0.4, 0.5) is 5.69 Å². The summed E-state index contributed by atoms with van der Waals surface area (Å²) in [6, 6.07) is 14.8. The molecule has 3 rings (SSSR count). The van der Waals surface area contributed by atoms with Crippen LogP contribution in [0.1, 0.15) is 15.9 Å². The number of fused-ring (bicyclic) bond motifs is 1. The highest BCUT2D eigenvalue weighted by molar-refractivity contribution is 7.80. The van der Waals surface area contributed by atoms with Gasteiger partial charge in [-0.2, -0.15) is 0 Å². The molecule has 1 aromatic heterocycles. The van der Waals surface area contributed by atoms with Crippen LogP contribution in [0.2, 0.25) is 5.02 Å². The SMILES string of the molecule is Cc1ccc(C(=O)NC(=S)Nc2cccc3cccnc23)c(Cl)c1. The number of carbonyl (C=O) groups excluding carboxylic acids is 1. The number of halogens is 1. The van der Waals surface area contributed by atoms with Crippen molar-refractivity contribution < 1.29 is 4.79 Å². The number of aryl methyl sites for hydroxylation is 1. The lowest BCUT2D eigenvalue weighted by Gasteiger charge is -2.12. The van der Waals surface area contributed by atoms with Crippen molar-refractivity contribution >= 4 is 51.4 Å². The Labute approximate surface area is 149 Å². The Morgan fingerprint density at radius 3 is 2.75 bits per heavy atom. The van der Waals surface area contributed by atoms with Crippen LogP contribution in [0.25, 0.3) is 10.9 Å². The van der Waals surface area contributed by atoms with Crippen molar-refractivity contribution in [1.29, 1.82) is 0 Å². The molecule has 2 N–H and O–H groups in total. The molecule has 0 bridgehead atoms. The molecule has 0 aliphatic heterocycles. The van der Waals surface area contributed by atoms with Crippen molar-refractivity contribution in [1.82, 2.24) is 10.3 Å². The van der Waals surface area contributed by atoms with Crippen LogP contribution in [0.3, 0.4) is 0 Å². The van der Waals surface area contributed by atoms with Crippen LogP contribution in [-0.2, 0) is 0 Å². The molecular weight excluding hydrogens is 342 g/mol.